The van der Waals surface area contributed by atoms with E-state index in [0.29, 0.717) is 16.7 Å². The van der Waals surface area contributed by atoms with Crippen LogP contribution in [0.5, 0.6) is 0 Å². The molecule has 0 heterocycles. The van der Waals surface area contributed by atoms with Crippen molar-refractivity contribution in [3.8, 4) is 0 Å². The maximum absolute atomic E-state index is 11.6. The molecule has 0 N–H and O–H groups in total. The van der Waals surface area contributed by atoms with E-state index in [1.54, 1.807) is 19.1 Å². The van der Waals surface area contributed by atoms with Gasteiger partial charge in [-0.2, -0.15) is 0 Å². The van der Waals surface area contributed by atoms with Gasteiger partial charge >= 0.3 is 5.97 Å². The second-order valence-electron chi connectivity index (χ2n) is 4.15. The van der Waals surface area contributed by atoms with E-state index in [9.17, 15) is 4.79 Å². The quantitative estimate of drug-likeness (QED) is 0.777. The Hall–Kier alpha value is -0.770. The second-order valence-corrected chi connectivity index (χ2v) is 5.00. The summed E-state index contributed by atoms with van der Waals surface area (Å²) in [5.41, 5.74) is 0.874. The topological polar surface area (TPSA) is 29.5 Å². The number of benzene rings is 1. The molecule has 1 atom stereocenters. The van der Waals surface area contributed by atoms with Crippen molar-refractivity contribution < 1.29 is 9.53 Å². The largest absolute Gasteiger partial charge is 0.466 e. The van der Waals surface area contributed by atoms with Crippen molar-refractivity contribution in [2.45, 2.75) is 19.4 Å². The number of carbonyl (C=O) groups is 1. The number of carbonyl (C=O) groups excluding carboxylic acids is 1. The molecule has 0 radical (unpaired) electrons. The summed E-state index contributed by atoms with van der Waals surface area (Å²) in [5, 5.41) is 1.14. The summed E-state index contributed by atoms with van der Waals surface area (Å²) < 4.78 is 4.97. The lowest BCUT2D eigenvalue weighted by atomic mass is 10.0. The molecule has 1 aromatic rings. The molecule has 1 unspecified atom stereocenters. The molecule has 0 amide bonds. The van der Waals surface area contributed by atoms with Crippen molar-refractivity contribution in [1.29, 1.82) is 0 Å². The van der Waals surface area contributed by atoms with Crippen LogP contribution in [0, 0.1) is 0 Å². The maximum Gasteiger partial charge on any atom is 0.307 e. The monoisotopic (exact) mass is 289 g/mol. The van der Waals surface area contributed by atoms with Crippen molar-refractivity contribution in [2.75, 3.05) is 20.7 Å². The molecule has 0 spiro atoms. The van der Waals surface area contributed by atoms with Gasteiger partial charge in [0.15, 0.2) is 0 Å². The maximum atomic E-state index is 11.6. The van der Waals surface area contributed by atoms with Gasteiger partial charge in [-0.1, -0.05) is 29.3 Å². The lowest BCUT2D eigenvalue weighted by molar-refractivity contribution is -0.144. The van der Waals surface area contributed by atoms with Gasteiger partial charge in [-0.05, 0) is 38.7 Å². The Morgan fingerprint density at radius 1 is 1.39 bits per heavy atom. The van der Waals surface area contributed by atoms with E-state index in [1.807, 2.05) is 25.1 Å². The highest BCUT2D eigenvalue weighted by Crippen LogP contribution is 2.31. The minimum absolute atomic E-state index is 0.117. The van der Waals surface area contributed by atoms with Crippen LogP contribution in [0.2, 0.25) is 10.0 Å². The summed E-state index contributed by atoms with van der Waals surface area (Å²) in [7, 11) is 3.80. The normalized spacial score (nSPS) is 12.6. The SMILES string of the molecule is CCOC(=O)CC(c1ccc(Cl)cc1Cl)N(C)C. The summed E-state index contributed by atoms with van der Waals surface area (Å²) in [6.07, 6.45) is 0.266. The molecular weight excluding hydrogens is 273 g/mol. The van der Waals surface area contributed by atoms with Crippen molar-refractivity contribution in [3.63, 3.8) is 0 Å². The van der Waals surface area contributed by atoms with Gasteiger partial charge in [0, 0.05) is 16.1 Å². The molecular formula is C13H17Cl2NO2. The van der Waals surface area contributed by atoms with Gasteiger partial charge in [0.25, 0.3) is 0 Å². The van der Waals surface area contributed by atoms with Gasteiger partial charge in [0.05, 0.1) is 13.0 Å². The number of halogens is 2. The predicted molar refractivity (Wildman–Crippen MR) is 74.1 cm³/mol. The highest BCUT2D eigenvalue weighted by atomic mass is 35.5. The van der Waals surface area contributed by atoms with Crippen LogP contribution in [0.15, 0.2) is 18.2 Å². The molecule has 18 heavy (non-hydrogen) atoms. The van der Waals surface area contributed by atoms with E-state index in [1.165, 1.54) is 0 Å². The first-order valence-electron chi connectivity index (χ1n) is 5.72. The van der Waals surface area contributed by atoms with Crippen LogP contribution in [-0.4, -0.2) is 31.6 Å². The number of hydrogen-bond donors (Lipinski definition) is 0. The first kappa shape index (κ1) is 15.3. The first-order valence-corrected chi connectivity index (χ1v) is 6.48. The van der Waals surface area contributed by atoms with Crippen LogP contribution >= 0.6 is 23.2 Å². The Balaban J connectivity index is 2.94. The third kappa shape index (κ3) is 4.16. The van der Waals surface area contributed by atoms with Gasteiger partial charge in [0.2, 0.25) is 0 Å². The Bertz CT molecular complexity index is 421. The number of rotatable bonds is 5. The van der Waals surface area contributed by atoms with Gasteiger partial charge < -0.3 is 9.64 Å². The van der Waals surface area contributed by atoms with Crippen molar-refractivity contribution in [3.05, 3.63) is 33.8 Å². The Kier molecular flexibility index (Phi) is 5.93. The predicted octanol–water partition coefficient (Wildman–Crippen LogP) is 3.55. The number of esters is 1. The van der Waals surface area contributed by atoms with E-state index in [-0.39, 0.29) is 18.4 Å². The summed E-state index contributed by atoms with van der Waals surface area (Å²) >= 11 is 12.0. The van der Waals surface area contributed by atoms with Crippen molar-refractivity contribution in [1.82, 2.24) is 4.90 Å². The standard InChI is InChI=1S/C13H17Cl2NO2/c1-4-18-13(17)8-12(16(2)3)10-6-5-9(14)7-11(10)15/h5-7,12H,4,8H2,1-3H3. The lowest BCUT2D eigenvalue weighted by Gasteiger charge is -2.24. The van der Waals surface area contributed by atoms with Crippen LogP contribution in [0.25, 0.3) is 0 Å². The number of hydrogen-bond acceptors (Lipinski definition) is 3. The highest BCUT2D eigenvalue weighted by molar-refractivity contribution is 6.35. The highest BCUT2D eigenvalue weighted by Gasteiger charge is 2.21. The molecule has 0 saturated carbocycles. The molecule has 1 aromatic carbocycles. The van der Waals surface area contributed by atoms with E-state index in [2.05, 4.69) is 0 Å². The van der Waals surface area contributed by atoms with Crippen LogP contribution in [-0.2, 0) is 9.53 Å². The summed E-state index contributed by atoms with van der Waals surface area (Å²) in [6.45, 7) is 2.17. The minimum atomic E-state index is -0.234. The third-order valence-corrected chi connectivity index (χ3v) is 3.17. The van der Waals surface area contributed by atoms with Crippen LogP contribution in [0.4, 0.5) is 0 Å². The van der Waals surface area contributed by atoms with E-state index in [0.717, 1.165) is 5.56 Å². The van der Waals surface area contributed by atoms with Crippen molar-refractivity contribution in [2.24, 2.45) is 0 Å². The molecule has 5 heteroatoms. The molecule has 0 aliphatic heterocycles. The molecule has 0 bridgehead atoms. The second kappa shape index (κ2) is 6.98. The molecule has 0 fully saturated rings. The van der Waals surface area contributed by atoms with Gasteiger partial charge in [-0.15, -0.1) is 0 Å². The molecule has 0 aliphatic rings. The van der Waals surface area contributed by atoms with Gasteiger partial charge in [-0.25, -0.2) is 0 Å². The first-order chi connectivity index (χ1) is 8.45. The summed E-state index contributed by atoms with van der Waals surface area (Å²) in [5.74, 6) is -0.234. The zero-order chi connectivity index (χ0) is 13.7. The van der Waals surface area contributed by atoms with E-state index in [4.69, 9.17) is 27.9 Å². The number of nitrogens with zero attached hydrogens (tertiary/aromatic N) is 1. The van der Waals surface area contributed by atoms with Crippen LogP contribution in [0.1, 0.15) is 24.9 Å². The van der Waals surface area contributed by atoms with E-state index >= 15 is 0 Å². The fraction of sp³-hybridized carbons (Fsp3) is 0.462. The number of ether oxygens (including phenoxy) is 1. The average Bonchev–Trinajstić information content (AvgIpc) is 2.27. The molecule has 0 saturated heterocycles. The Morgan fingerprint density at radius 3 is 2.56 bits per heavy atom. The van der Waals surface area contributed by atoms with Crippen LogP contribution < -0.4 is 0 Å². The summed E-state index contributed by atoms with van der Waals surface area (Å²) in [6, 6.07) is 5.17. The van der Waals surface area contributed by atoms with Gasteiger partial charge in [0.1, 0.15) is 0 Å². The molecule has 100 valence electrons. The Labute approximate surface area is 118 Å². The minimum Gasteiger partial charge on any atom is -0.466 e. The Morgan fingerprint density at radius 2 is 2.06 bits per heavy atom. The molecule has 0 aliphatic carbocycles. The fourth-order valence-corrected chi connectivity index (χ4v) is 2.25. The molecule has 1 rings (SSSR count). The van der Waals surface area contributed by atoms with E-state index < -0.39 is 0 Å². The van der Waals surface area contributed by atoms with Gasteiger partial charge in [-0.3, -0.25) is 4.79 Å². The van der Waals surface area contributed by atoms with Crippen LogP contribution in [0.3, 0.4) is 0 Å². The average molecular weight is 290 g/mol. The lowest BCUT2D eigenvalue weighted by Crippen LogP contribution is -2.24. The fourth-order valence-electron chi connectivity index (χ4n) is 1.72. The third-order valence-electron chi connectivity index (χ3n) is 2.61. The summed E-state index contributed by atoms with van der Waals surface area (Å²) in [4.78, 5) is 13.5. The molecule has 3 nitrogen and oxygen atoms in total. The zero-order valence-electron chi connectivity index (χ0n) is 10.7. The molecule has 0 aromatic heterocycles. The smallest absolute Gasteiger partial charge is 0.307 e. The van der Waals surface area contributed by atoms with Crippen molar-refractivity contribution >= 4 is 29.2 Å². The zero-order valence-corrected chi connectivity index (χ0v) is 12.3.